The third-order valence-electron chi connectivity index (χ3n) is 5.62. The van der Waals surface area contributed by atoms with Crippen molar-refractivity contribution in [2.75, 3.05) is 74.0 Å². The van der Waals surface area contributed by atoms with Crippen molar-refractivity contribution < 1.29 is 0 Å². The molecule has 2 aromatic heterocycles. The smallest absolute Gasteiger partial charge is 0.128 e. The van der Waals surface area contributed by atoms with Gasteiger partial charge in [0, 0.05) is 70.1 Å². The third-order valence-corrected chi connectivity index (χ3v) is 6.41. The number of anilines is 2. The van der Waals surface area contributed by atoms with Gasteiger partial charge < -0.3 is 15.1 Å². The first-order chi connectivity index (χ1) is 17.1. The Balaban J connectivity index is 0.000000310. The molecular formula is C27H41BrN8. The van der Waals surface area contributed by atoms with Gasteiger partial charge >= 0.3 is 0 Å². The van der Waals surface area contributed by atoms with Crippen LogP contribution in [0.1, 0.15) is 45.2 Å². The van der Waals surface area contributed by atoms with Gasteiger partial charge in [0.1, 0.15) is 23.8 Å². The van der Waals surface area contributed by atoms with Crippen LogP contribution in [0.5, 0.6) is 0 Å². The normalized spacial score (nSPS) is 15.1. The van der Waals surface area contributed by atoms with Crippen molar-refractivity contribution in [2.24, 2.45) is 0 Å². The molecular weight excluding hydrogens is 516 g/mol. The second-order valence-corrected chi connectivity index (χ2v) is 9.08. The molecule has 2 fully saturated rings. The molecule has 0 radical (unpaired) electrons. The summed E-state index contributed by atoms with van der Waals surface area (Å²) in [4.78, 5) is 15.6. The third kappa shape index (κ3) is 10.9. The maximum absolute atomic E-state index is 8.72. The summed E-state index contributed by atoms with van der Waals surface area (Å²) in [6, 6.07) is 11.6. The Labute approximate surface area is 226 Å². The number of aromatic nitrogens is 2. The lowest BCUT2D eigenvalue weighted by molar-refractivity contribution is 0.258. The molecule has 2 saturated heterocycles. The van der Waals surface area contributed by atoms with Crippen LogP contribution in [0.15, 0.2) is 36.7 Å². The molecule has 2 aromatic rings. The molecule has 8 nitrogen and oxygen atoms in total. The molecule has 9 heteroatoms. The minimum atomic E-state index is 0. The summed E-state index contributed by atoms with van der Waals surface area (Å²) >= 11 is 3.25. The number of piperazine rings is 2. The lowest BCUT2D eigenvalue weighted by Crippen LogP contribution is -2.46. The van der Waals surface area contributed by atoms with Gasteiger partial charge in [-0.3, -0.25) is 4.90 Å². The maximum Gasteiger partial charge on any atom is 0.128 e. The van der Waals surface area contributed by atoms with E-state index in [4.69, 9.17) is 10.5 Å². The molecule has 0 amide bonds. The highest BCUT2D eigenvalue weighted by molar-refractivity contribution is 9.09. The van der Waals surface area contributed by atoms with Crippen LogP contribution in [0.4, 0.5) is 11.6 Å². The summed E-state index contributed by atoms with van der Waals surface area (Å²) in [5.74, 6) is 1.95. The monoisotopic (exact) mass is 556 g/mol. The van der Waals surface area contributed by atoms with E-state index in [9.17, 15) is 0 Å². The van der Waals surface area contributed by atoms with Crippen LogP contribution < -0.4 is 15.1 Å². The quantitative estimate of drug-likeness (QED) is 0.545. The van der Waals surface area contributed by atoms with Crippen LogP contribution >= 0.6 is 15.9 Å². The summed E-state index contributed by atoms with van der Waals surface area (Å²) in [7, 11) is 0. The van der Waals surface area contributed by atoms with Crippen LogP contribution in [0, 0.1) is 22.7 Å². The highest BCUT2D eigenvalue weighted by Crippen LogP contribution is 2.14. The van der Waals surface area contributed by atoms with E-state index < -0.39 is 0 Å². The van der Waals surface area contributed by atoms with Gasteiger partial charge in [0.25, 0.3) is 0 Å². The number of hydrogen-bond acceptors (Lipinski definition) is 8. The predicted molar refractivity (Wildman–Crippen MR) is 153 cm³/mol. The van der Waals surface area contributed by atoms with E-state index in [0.29, 0.717) is 11.1 Å². The Morgan fingerprint density at radius 3 is 1.64 bits per heavy atom. The zero-order chi connectivity index (χ0) is 25.3. The Morgan fingerprint density at radius 2 is 1.28 bits per heavy atom. The highest BCUT2D eigenvalue weighted by Gasteiger charge is 2.17. The van der Waals surface area contributed by atoms with E-state index in [0.717, 1.165) is 69.3 Å². The van der Waals surface area contributed by atoms with E-state index in [1.54, 1.807) is 12.4 Å². The average Bonchev–Trinajstić information content (AvgIpc) is 2.95. The van der Waals surface area contributed by atoms with Crippen molar-refractivity contribution in [3.63, 3.8) is 0 Å². The number of rotatable bonds is 5. The SMILES string of the molecule is C.CCCBr.CCCN1CCN(c2ccc(C#N)cn2)CC1.N#Cc1ccc(N2CCNCC2)nc1. The summed E-state index contributed by atoms with van der Waals surface area (Å²) in [6.45, 7) is 13.8. The van der Waals surface area contributed by atoms with Gasteiger partial charge in [-0.2, -0.15) is 10.5 Å². The van der Waals surface area contributed by atoms with Crippen LogP contribution in [-0.2, 0) is 0 Å². The summed E-state index contributed by atoms with van der Waals surface area (Å²) in [6.07, 6.45) is 5.72. The molecule has 2 aliphatic heterocycles. The number of nitriles is 2. The van der Waals surface area contributed by atoms with Gasteiger partial charge in [-0.15, -0.1) is 0 Å². The van der Waals surface area contributed by atoms with E-state index in [2.05, 4.69) is 71.9 Å². The van der Waals surface area contributed by atoms with Gasteiger partial charge in [0.2, 0.25) is 0 Å². The molecule has 0 bridgehead atoms. The van der Waals surface area contributed by atoms with Gasteiger partial charge in [-0.1, -0.05) is 37.2 Å². The minimum Gasteiger partial charge on any atom is -0.354 e. The lowest BCUT2D eigenvalue weighted by Gasteiger charge is -2.35. The molecule has 0 unspecified atom stereocenters. The molecule has 0 spiro atoms. The molecule has 4 rings (SSSR count). The van der Waals surface area contributed by atoms with Gasteiger partial charge in [-0.05, 0) is 43.7 Å². The summed E-state index contributed by atoms with van der Waals surface area (Å²) < 4.78 is 0. The zero-order valence-corrected chi connectivity index (χ0v) is 22.5. The highest BCUT2D eigenvalue weighted by atomic mass is 79.9. The van der Waals surface area contributed by atoms with Gasteiger partial charge in [-0.25, -0.2) is 9.97 Å². The topological polar surface area (TPSA) is 95.1 Å². The average molecular weight is 558 g/mol. The van der Waals surface area contributed by atoms with E-state index in [1.807, 2.05) is 24.3 Å². The molecule has 1 N–H and O–H groups in total. The Bertz CT molecular complexity index is 905. The van der Waals surface area contributed by atoms with Crippen molar-refractivity contribution in [3.8, 4) is 12.1 Å². The molecule has 0 aromatic carbocycles. The fourth-order valence-corrected chi connectivity index (χ4v) is 3.69. The second kappa shape index (κ2) is 18.5. The minimum absolute atomic E-state index is 0. The number of hydrogen-bond donors (Lipinski definition) is 1. The second-order valence-electron chi connectivity index (χ2n) is 8.29. The van der Waals surface area contributed by atoms with E-state index in [1.165, 1.54) is 19.4 Å². The van der Waals surface area contributed by atoms with Gasteiger partial charge in [0.05, 0.1) is 11.1 Å². The first kappa shape index (κ1) is 31.3. The van der Waals surface area contributed by atoms with Crippen LogP contribution in [0.2, 0.25) is 0 Å². The number of pyridine rings is 2. The van der Waals surface area contributed by atoms with Crippen LogP contribution in [0.25, 0.3) is 0 Å². The zero-order valence-electron chi connectivity index (χ0n) is 21.0. The Kier molecular flexibility index (Phi) is 16.1. The van der Waals surface area contributed by atoms with Crippen molar-refractivity contribution in [3.05, 3.63) is 47.8 Å². The van der Waals surface area contributed by atoms with Crippen molar-refractivity contribution in [1.29, 1.82) is 10.5 Å². The van der Waals surface area contributed by atoms with Crippen LogP contribution in [0.3, 0.4) is 0 Å². The molecule has 4 heterocycles. The summed E-state index contributed by atoms with van der Waals surface area (Å²) in [5.41, 5.74) is 1.24. The molecule has 0 atom stereocenters. The van der Waals surface area contributed by atoms with Crippen molar-refractivity contribution in [1.82, 2.24) is 20.2 Å². The van der Waals surface area contributed by atoms with E-state index >= 15 is 0 Å². The number of nitrogens with zero attached hydrogens (tertiary/aromatic N) is 7. The lowest BCUT2D eigenvalue weighted by atomic mass is 10.2. The fraction of sp³-hybridized carbons (Fsp3) is 0.556. The molecule has 36 heavy (non-hydrogen) atoms. The first-order valence-electron chi connectivity index (χ1n) is 12.4. The molecule has 196 valence electrons. The predicted octanol–water partition coefficient (Wildman–Crippen LogP) is 4.28. The largest absolute Gasteiger partial charge is 0.354 e. The molecule has 0 aliphatic carbocycles. The number of nitrogens with one attached hydrogen (secondary N) is 1. The first-order valence-corrected chi connectivity index (χ1v) is 13.5. The Hall–Kier alpha value is -2.72. The number of halogens is 1. The van der Waals surface area contributed by atoms with Crippen molar-refractivity contribution >= 4 is 27.6 Å². The van der Waals surface area contributed by atoms with E-state index in [-0.39, 0.29) is 7.43 Å². The summed E-state index contributed by atoms with van der Waals surface area (Å²) in [5, 5.41) is 21.8. The standard InChI is InChI=1S/C13H18N4.C10H12N4.C3H7Br.CH4/c1-2-5-16-6-8-17(9-7-16)13-4-3-12(10-14)11-15-13;11-7-9-1-2-10(13-8-9)14-5-3-12-4-6-14;1-2-3-4;/h3-4,11H,2,5-9H2,1H3;1-2,8,12H,3-6H2;2-3H2,1H3;1H4. The van der Waals surface area contributed by atoms with Gasteiger partial charge in [0.15, 0.2) is 0 Å². The molecule has 2 aliphatic rings. The van der Waals surface area contributed by atoms with Crippen molar-refractivity contribution in [2.45, 2.75) is 34.1 Å². The van der Waals surface area contributed by atoms with Crippen LogP contribution in [-0.4, -0.2) is 79.1 Å². The Morgan fingerprint density at radius 1 is 0.806 bits per heavy atom. The number of alkyl halides is 1. The fourth-order valence-electron chi connectivity index (χ4n) is 3.69. The maximum atomic E-state index is 8.72. The molecule has 0 saturated carbocycles.